The third-order valence-electron chi connectivity index (χ3n) is 0. The van der Waals surface area contributed by atoms with Crippen LogP contribution in [0.2, 0.25) is 0 Å². The zero-order valence-electron chi connectivity index (χ0n) is 18.9. The summed E-state index contributed by atoms with van der Waals surface area (Å²) >= 11 is 0. The summed E-state index contributed by atoms with van der Waals surface area (Å²) in [4.78, 5) is 0. The van der Waals surface area contributed by atoms with E-state index in [1.165, 1.54) is 0 Å². The van der Waals surface area contributed by atoms with E-state index < -0.39 is 0 Å². The van der Waals surface area contributed by atoms with Gasteiger partial charge in [0, 0.05) is 99.5 Å². The normalized spacial score (nSPS) is 4.26. The third kappa shape index (κ3) is 291000. The Hall–Kier alpha value is -0.280. The second-order valence-corrected chi connectivity index (χ2v) is 2.86. The van der Waals surface area contributed by atoms with Gasteiger partial charge in [0.1, 0.15) is 0 Å². The van der Waals surface area contributed by atoms with Crippen LogP contribution in [0.5, 0.6) is 0 Å². The predicted molar refractivity (Wildman–Crippen MR) is 156 cm³/mol. The van der Waals surface area contributed by atoms with E-state index in [1.54, 1.807) is 99.5 Å². The molecule has 0 aromatic carbocycles. The molecule has 0 spiro atoms. The Kier molecular flexibility index (Phi) is 2190. The van der Waals surface area contributed by atoms with Gasteiger partial charge in [-0.15, -0.1) is 0 Å². The first-order valence-corrected chi connectivity index (χ1v) is 6.72. The molecule has 0 atom stereocenters. The molecule has 0 heterocycles. The lowest BCUT2D eigenvalue weighted by atomic mass is 11.0. The molecule has 0 aliphatic heterocycles. The van der Waals surface area contributed by atoms with Gasteiger partial charge in [0.05, 0.1) is 0 Å². The molecule has 0 aliphatic carbocycles. The molecule has 0 fully saturated rings. The summed E-state index contributed by atoms with van der Waals surface area (Å²) < 4.78 is 29.8. The van der Waals surface area contributed by atoms with E-state index in [4.69, 9.17) is 0 Å². The highest BCUT2D eigenvalue weighted by Gasteiger charge is 1.27. The van der Waals surface area contributed by atoms with Crippen molar-refractivity contribution >= 4 is 0 Å². The first kappa shape index (κ1) is 125. The molecule has 0 unspecified atom stereocenters. The highest BCUT2D eigenvalue weighted by atomic mass is 16.5. The van der Waals surface area contributed by atoms with Crippen LogP contribution in [0.1, 0.15) is 73.3 Å². The maximum Gasteiger partial charge on any atom is 0.0351 e. The fourth-order valence-corrected chi connectivity index (χ4v) is 0. The minimum Gasteiger partial charge on any atom is -0.388 e. The lowest BCUT2D eigenvalue weighted by Gasteiger charge is -1.61. The fraction of sp³-hybridized carbons (Fsp3) is 1.00. The molecular formula is C24H80O7. The van der Waals surface area contributed by atoms with Crippen molar-refractivity contribution in [3.8, 4) is 0 Å². The van der Waals surface area contributed by atoms with Gasteiger partial charge in [0.2, 0.25) is 0 Å². The molecule has 0 saturated heterocycles. The quantitative estimate of drug-likeness (QED) is 0.348. The molecule has 0 radical (unpaired) electrons. The number of ether oxygens (including phenoxy) is 7. The molecule has 7 nitrogen and oxygen atoms in total. The second-order valence-electron chi connectivity index (χ2n) is 2.86. The minimum atomic E-state index is 0. The van der Waals surface area contributed by atoms with E-state index in [2.05, 4.69) is 33.2 Å². The van der Waals surface area contributed by atoms with Crippen LogP contribution in [0.4, 0.5) is 0 Å². The molecule has 0 N–H and O–H groups in total. The zero-order chi connectivity index (χ0) is 20.9. The van der Waals surface area contributed by atoms with Crippen molar-refractivity contribution in [1.82, 2.24) is 0 Å². The lowest BCUT2D eigenvalue weighted by Crippen LogP contribution is -1.55. The van der Waals surface area contributed by atoms with Gasteiger partial charge in [-0.3, -0.25) is 0 Å². The van der Waals surface area contributed by atoms with Crippen LogP contribution < -0.4 is 0 Å². The van der Waals surface area contributed by atoms with E-state index in [0.717, 1.165) is 0 Å². The molecule has 0 saturated carbocycles. The lowest BCUT2D eigenvalue weighted by molar-refractivity contribution is 0.277. The van der Waals surface area contributed by atoms with Gasteiger partial charge in [0.15, 0.2) is 0 Å². The van der Waals surface area contributed by atoms with E-state index >= 15 is 0 Å². The largest absolute Gasteiger partial charge is 0.388 e. The van der Waals surface area contributed by atoms with E-state index in [1.807, 2.05) is 13.8 Å². The maximum atomic E-state index is 4.25. The van der Waals surface area contributed by atoms with Crippen molar-refractivity contribution in [1.29, 1.82) is 0 Å². The smallest absolute Gasteiger partial charge is 0.0351 e. The SMILES string of the molecule is C.C.C.C.C.C.C.C.CC.COC.COC.COC.COC.COC.COC.COC. The molecule has 0 aromatic heterocycles. The van der Waals surface area contributed by atoms with Gasteiger partial charge in [-0.2, -0.15) is 0 Å². The molecule has 0 amide bonds. The van der Waals surface area contributed by atoms with Crippen LogP contribution in [0.3, 0.4) is 0 Å². The summed E-state index contributed by atoms with van der Waals surface area (Å²) in [5, 5.41) is 0. The molecule has 0 aliphatic rings. The Morgan fingerprint density at radius 3 is 0.194 bits per heavy atom. The van der Waals surface area contributed by atoms with Gasteiger partial charge in [0.25, 0.3) is 0 Å². The number of hydrogen-bond donors (Lipinski definition) is 0. The Labute approximate surface area is 206 Å². The van der Waals surface area contributed by atoms with Crippen LogP contribution >= 0.6 is 0 Å². The molecule has 0 aromatic rings. The van der Waals surface area contributed by atoms with Crippen molar-refractivity contribution in [2.45, 2.75) is 73.3 Å². The van der Waals surface area contributed by atoms with Gasteiger partial charge < -0.3 is 33.2 Å². The molecule has 218 valence electrons. The van der Waals surface area contributed by atoms with Crippen molar-refractivity contribution in [2.24, 2.45) is 0 Å². The van der Waals surface area contributed by atoms with E-state index in [-0.39, 0.29) is 59.4 Å². The standard InChI is InChI=1S/7C2H6O.C2H6.8CH4/c7*1-3-2;1-2;;;;;;;;/h7*1-2H3;1-2H3;8*1H4. The molecular weight excluding hydrogens is 400 g/mol. The first-order valence-electron chi connectivity index (χ1n) is 6.72. The fourth-order valence-electron chi connectivity index (χ4n) is 0. The molecule has 7 heteroatoms. The van der Waals surface area contributed by atoms with Crippen LogP contribution in [-0.2, 0) is 33.2 Å². The predicted octanol–water partition coefficient (Wildman–Crippen LogP) is 7.95. The summed E-state index contributed by atoms with van der Waals surface area (Å²) in [6.45, 7) is 4.00. The topological polar surface area (TPSA) is 64.6 Å². The summed E-state index contributed by atoms with van der Waals surface area (Å²) in [7, 11) is 22.8. The Morgan fingerprint density at radius 1 is 0.194 bits per heavy atom. The van der Waals surface area contributed by atoms with Crippen molar-refractivity contribution in [2.75, 3.05) is 99.5 Å². The summed E-state index contributed by atoms with van der Waals surface area (Å²) in [5.41, 5.74) is 0. The van der Waals surface area contributed by atoms with Gasteiger partial charge in [-0.05, 0) is 0 Å². The third-order valence-corrected chi connectivity index (χ3v) is 0. The molecule has 0 rings (SSSR count). The Morgan fingerprint density at radius 2 is 0.194 bits per heavy atom. The highest BCUT2D eigenvalue weighted by Crippen LogP contribution is 1.30. The average molecular weight is 481 g/mol. The molecule has 31 heavy (non-hydrogen) atoms. The summed E-state index contributed by atoms with van der Waals surface area (Å²) in [5.74, 6) is 0. The van der Waals surface area contributed by atoms with Crippen molar-refractivity contribution < 1.29 is 33.2 Å². The first-order chi connectivity index (χ1) is 10.9. The number of methoxy groups -OCH3 is 7. The van der Waals surface area contributed by atoms with Crippen molar-refractivity contribution in [3.05, 3.63) is 0 Å². The highest BCUT2D eigenvalue weighted by molar-refractivity contribution is 3.58. The average Bonchev–Trinajstić information content (AvgIpc) is 2.46. The van der Waals surface area contributed by atoms with E-state index in [0.29, 0.717) is 0 Å². The summed E-state index contributed by atoms with van der Waals surface area (Å²) in [6.07, 6.45) is 0. The zero-order valence-corrected chi connectivity index (χ0v) is 18.9. The van der Waals surface area contributed by atoms with Crippen molar-refractivity contribution in [3.63, 3.8) is 0 Å². The Bertz CT molecular complexity index is 43.5. The maximum absolute atomic E-state index is 4.25. The number of hydrogen-bond acceptors (Lipinski definition) is 7. The summed E-state index contributed by atoms with van der Waals surface area (Å²) in [6, 6.07) is 0. The van der Waals surface area contributed by atoms with Gasteiger partial charge in [-0.1, -0.05) is 73.3 Å². The van der Waals surface area contributed by atoms with Crippen LogP contribution in [0.25, 0.3) is 0 Å². The van der Waals surface area contributed by atoms with Gasteiger partial charge >= 0.3 is 0 Å². The van der Waals surface area contributed by atoms with Gasteiger partial charge in [-0.25, -0.2) is 0 Å². The van der Waals surface area contributed by atoms with Crippen LogP contribution in [0.15, 0.2) is 0 Å². The molecule has 0 bridgehead atoms. The van der Waals surface area contributed by atoms with Crippen LogP contribution in [-0.4, -0.2) is 99.5 Å². The minimum absolute atomic E-state index is 0. The monoisotopic (exact) mass is 481 g/mol. The Balaban J connectivity index is -0.00000000573. The van der Waals surface area contributed by atoms with Crippen LogP contribution in [0, 0.1) is 0 Å². The van der Waals surface area contributed by atoms with E-state index in [9.17, 15) is 0 Å². The number of rotatable bonds is 0. The second kappa shape index (κ2) is 543.